The number of ether oxygens (including phenoxy) is 2. The van der Waals surface area contributed by atoms with E-state index in [2.05, 4.69) is 10.0 Å². The van der Waals surface area contributed by atoms with Gasteiger partial charge in [0, 0.05) is 10.9 Å². The molecule has 3 aromatic rings. The molecule has 162 valence electrons. The van der Waals surface area contributed by atoms with E-state index < -0.39 is 15.9 Å². The summed E-state index contributed by atoms with van der Waals surface area (Å²) in [5.74, 6) is 0.453. The Hall–Kier alpha value is -2.75. The molecular formula is C21H19ClN2O5S2. The number of para-hydroxylation sites is 1. The first-order chi connectivity index (χ1) is 14.8. The van der Waals surface area contributed by atoms with E-state index in [1.165, 1.54) is 29.5 Å². The van der Waals surface area contributed by atoms with Crippen LogP contribution >= 0.6 is 22.9 Å². The van der Waals surface area contributed by atoms with Crippen molar-refractivity contribution in [3.63, 3.8) is 0 Å². The van der Waals surface area contributed by atoms with E-state index in [-0.39, 0.29) is 22.2 Å². The SMILES string of the molecule is CC(NC(=O)c1ccccc1NS(=O)(=O)c1ccc2c(c1)OCCO2)c1ccc(Cl)s1. The van der Waals surface area contributed by atoms with Crippen LogP contribution in [0, 0.1) is 0 Å². The number of nitrogens with one attached hydrogen (secondary N) is 2. The van der Waals surface area contributed by atoms with Crippen LogP contribution in [0.3, 0.4) is 0 Å². The first-order valence-corrected chi connectivity index (χ1v) is 12.1. The highest BCUT2D eigenvalue weighted by Crippen LogP contribution is 2.33. The van der Waals surface area contributed by atoms with Crippen molar-refractivity contribution in [2.24, 2.45) is 0 Å². The summed E-state index contributed by atoms with van der Waals surface area (Å²) in [7, 11) is -3.96. The van der Waals surface area contributed by atoms with Crippen LogP contribution in [0.1, 0.15) is 28.2 Å². The van der Waals surface area contributed by atoms with Gasteiger partial charge >= 0.3 is 0 Å². The lowest BCUT2D eigenvalue weighted by atomic mass is 10.1. The van der Waals surface area contributed by atoms with Crippen LogP contribution in [0.15, 0.2) is 59.5 Å². The van der Waals surface area contributed by atoms with Gasteiger partial charge in [0.05, 0.1) is 26.5 Å². The number of carbonyl (C=O) groups is 1. The summed E-state index contributed by atoms with van der Waals surface area (Å²) in [6.07, 6.45) is 0. The molecule has 0 bridgehead atoms. The molecular weight excluding hydrogens is 460 g/mol. The smallest absolute Gasteiger partial charge is 0.262 e. The van der Waals surface area contributed by atoms with Gasteiger partial charge in [-0.25, -0.2) is 8.42 Å². The van der Waals surface area contributed by atoms with Crippen molar-refractivity contribution in [3.05, 3.63) is 69.4 Å². The molecule has 2 aromatic carbocycles. The van der Waals surface area contributed by atoms with Crippen LogP contribution < -0.4 is 19.5 Å². The fraction of sp³-hybridized carbons (Fsp3) is 0.190. The van der Waals surface area contributed by atoms with Gasteiger partial charge in [0.15, 0.2) is 11.5 Å². The fourth-order valence-electron chi connectivity index (χ4n) is 3.07. The van der Waals surface area contributed by atoms with Gasteiger partial charge in [-0.15, -0.1) is 11.3 Å². The average molecular weight is 479 g/mol. The maximum absolute atomic E-state index is 13.0. The molecule has 0 spiro atoms. The van der Waals surface area contributed by atoms with Gasteiger partial charge in [-0.1, -0.05) is 23.7 Å². The van der Waals surface area contributed by atoms with Gasteiger partial charge in [-0.3, -0.25) is 9.52 Å². The van der Waals surface area contributed by atoms with Crippen molar-refractivity contribution in [2.45, 2.75) is 17.9 Å². The van der Waals surface area contributed by atoms with Crippen LogP contribution in [0.4, 0.5) is 5.69 Å². The van der Waals surface area contributed by atoms with E-state index in [0.717, 1.165) is 4.88 Å². The van der Waals surface area contributed by atoms with E-state index in [1.807, 2.05) is 13.0 Å². The van der Waals surface area contributed by atoms with Crippen LogP contribution in [0.5, 0.6) is 11.5 Å². The van der Waals surface area contributed by atoms with E-state index >= 15 is 0 Å². The number of fused-ring (bicyclic) bond motifs is 1. The molecule has 0 radical (unpaired) electrons. The third-order valence-electron chi connectivity index (χ3n) is 4.61. The zero-order valence-electron chi connectivity index (χ0n) is 16.4. The highest BCUT2D eigenvalue weighted by Gasteiger charge is 2.22. The first-order valence-electron chi connectivity index (χ1n) is 9.41. The van der Waals surface area contributed by atoms with Crippen LogP contribution in [-0.4, -0.2) is 27.5 Å². The van der Waals surface area contributed by atoms with E-state index in [9.17, 15) is 13.2 Å². The summed E-state index contributed by atoms with van der Waals surface area (Å²) in [4.78, 5) is 13.8. The molecule has 0 saturated carbocycles. The Morgan fingerprint density at radius 1 is 1.06 bits per heavy atom. The van der Waals surface area contributed by atoms with Crippen molar-refractivity contribution in [1.82, 2.24) is 5.32 Å². The Balaban J connectivity index is 1.56. The fourth-order valence-corrected chi connectivity index (χ4v) is 5.23. The zero-order chi connectivity index (χ0) is 22.0. The Labute approximate surface area is 189 Å². The van der Waals surface area contributed by atoms with Crippen molar-refractivity contribution < 1.29 is 22.7 Å². The van der Waals surface area contributed by atoms with Gasteiger partial charge in [-0.05, 0) is 43.3 Å². The molecule has 4 rings (SSSR count). The minimum absolute atomic E-state index is 0.00792. The number of halogens is 1. The van der Waals surface area contributed by atoms with Gasteiger partial charge in [0.1, 0.15) is 13.2 Å². The minimum atomic E-state index is -3.96. The zero-order valence-corrected chi connectivity index (χ0v) is 18.8. The first kappa shape index (κ1) is 21.5. The molecule has 2 heterocycles. The number of amides is 1. The second kappa shape index (κ2) is 8.78. The van der Waals surface area contributed by atoms with Gasteiger partial charge in [0.25, 0.3) is 15.9 Å². The second-order valence-corrected chi connectivity index (χ2v) is 10.2. The van der Waals surface area contributed by atoms with E-state index in [4.69, 9.17) is 21.1 Å². The lowest BCUT2D eigenvalue weighted by Crippen LogP contribution is -2.27. The maximum atomic E-state index is 13.0. The second-order valence-electron chi connectivity index (χ2n) is 6.79. The largest absolute Gasteiger partial charge is 0.486 e. The molecule has 1 amide bonds. The highest BCUT2D eigenvalue weighted by molar-refractivity contribution is 7.92. The number of hydrogen-bond donors (Lipinski definition) is 2. The van der Waals surface area contributed by atoms with E-state index in [1.54, 1.807) is 30.3 Å². The summed E-state index contributed by atoms with van der Waals surface area (Å²) < 4.78 is 39.9. The lowest BCUT2D eigenvalue weighted by Gasteiger charge is -2.19. The molecule has 0 aliphatic carbocycles. The summed E-state index contributed by atoms with van der Waals surface area (Å²) in [5, 5.41) is 2.87. The molecule has 1 unspecified atom stereocenters. The number of benzene rings is 2. The third kappa shape index (κ3) is 4.79. The molecule has 1 aromatic heterocycles. The Kier molecular flexibility index (Phi) is 6.08. The molecule has 7 nitrogen and oxygen atoms in total. The number of thiophene rings is 1. The minimum Gasteiger partial charge on any atom is -0.486 e. The molecule has 31 heavy (non-hydrogen) atoms. The predicted molar refractivity (Wildman–Crippen MR) is 120 cm³/mol. The number of carbonyl (C=O) groups excluding carboxylic acids is 1. The quantitative estimate of drug-likeness (QED) is 0.545. The standard InChI is InChI=1S/C21H19ClN2O5S2/c1-13(19-8-9-20(22)30-19)23-21(25)15-4-2-3-5-16(15)24-31(26,27)14-6-7-17-18(12-14)29-11-10-28-17/h2-9,12-13,24H,10-11H2,1H3,(H,23,25). The third-order valence-corrected chi connectivity index (χ3v) is 7.39. The average Bonchev–Trinajstić information content (AvgIpc) is 3.20. The topological polar surface area (TPSA) is 93.7 Å². The monoisotopic (exact) mass is 478 g/mol. The number of sulfonamides is 1. The van der Waals surface area contributed by atoms with Crippen LogP contribution in [0.25, 0.3) is 0 Å². The van der Waals surface area contributed by atoms with Crippen molar-refractivity contribution in [2.75, 3.05) is 17.9 Å². The van der Waals surface area contributed by atoms with E-state index in [0.29, 0.717) is 29.0 Å². The predicted octanol–water partition coefficient (Wildman–Crippen LogP) is 4.46. The van der Waals surface area contributed by atoms with Gasteiger partial charge in [0.2, 0.25) is 0 Å². The maximum Gasteiger partial charge on any atom is 0.262 e. The van der Waals surface area contributed by atoms with Crippen molar-refractivity contribution in [3.8, 4) is 11.5 Å². The molecule has 1 atom stereocenters. The highest BCUT2D eigenvalue weighted by atomic mass is 35.5. The van der Waals surface area contributed by atoms with Gasteiger partial charge in [-0.2, -0.15) is 0 Å². The number of rotatable bonds is 6. The summed E-state index contributed by atoms with van der Waals surface area (Å²) in [5.41, 5.74) is 0.379. The molecule has 1 aliphatic rings. The molecule has 0 fully saturated rings. The Bertz CT molecular complexity index is 1230. The summed E-state index contributed by atoms with van der Waals surface area (Å²) in [6, 6.07) is 14.1. The summed E-state index contributed by atoms with van der Waals surface area (Å²) in [6.45, 7) is 2.60. The molecule has 0 saturated heterocycles. The van der Waals surface area contributed by atoms with Crippen molar-refractivity contribution in [1.29, 1.82) is 0 Å². The number of anilines is 1. The Morgan fingerprint density at radius 3 is 2.55 bits per heavy atom. The summed E-state index contributed by atoms with van der Waals surface area (Å²) >= 11 is 7.34. The Morgan fingerprint density at radius 2 is 1.81 bits per heavy atom. The normalized spacial score (nSPS) is 14.0. The van der Waals surface area contributed by atoms with Gasteiger partial charge < -0.3 is 14.8 Å². The molecule has 1 aliphatic heterocycles. The molecule has 2 N–H and O–H groups in total. The van der Waals surface area contributed by atoms with Crippen LogP contribution in [0.2, 0.25) is 4.34 Å². The molecule has 10 heteroatoms. The number of hydrogen-bond acceptors (Lipinski definition) is 6. The van der Waals surface area contributed by atoms with Crippen molar-refractivity contribution >= 4 is 44.6 Å². The van der Waals surface area contributed by atoms with Crippen LogP contribution in [-0.2, 0) is 10.0 Å². The lowest BCUT2D eigenvalue weighted by molar-refractivity contribution is 0.0941.